The van der Waals surface area contributed by atoms with Crippen molar-refractivity contribution in [2.45, 2.75) is 32.6 Å². The Labute approximate surface area is 183 Å². The number of methoxy groups -OCH3 is 1. The van der Waals surface area contributed by atoms with Crippen LogP contribution in [0.2, 0.25) is 0 Å². The zero-order valence-corrected chi connectivity index (χ0v) is 18.3. The third-order valence-corrected chi connectivity index (χ3v) is 4.51. The van der Waals surface area contributed by atoms with Gasteiger partial charge in [-0.15, -0.1) is 0 Å². The molecular formula is C25H31FO5. The van der Waals surface area contributed by atoms with Gasteiger partial charge in [-0.05, 0) is 68.0 Å². The number of benzene rings is 2. The predicted molar refractivity (Wildman–Crippen MR) is 119 cm³/mol. The summed E-state index contributed by atoms with van der Waals surface area (Å²) in [5.74, 6) is 0.251. The van der Waals surface area contributed by atoms with Gasteiger partial charge in [0.25, 0.3) is 0 Å². The van der Waals surface area contributed by atoms with Crippen molar-refractivity contribution in [1.82, 2.24) is 0 Å². The van der Waals surface area contributed by atoms with Gasteiger partial charge >= 0.3 is 5.97 Å². The van der Waals surface area contributed by atoms with Crippen LogP contribution < -0.4 is 9.47 Å². The summed E-state index contributed by atoms with van der Waals surface area (Å²) in [5, 5.41) is 0. The van der Waals surface area contributed by atoms with E-state index < -0.39 is 0 Å². The Morgan fingerprint density at radius 3 is 2.13 bits per heavy atom. The number of esters is 1. The van der Waals surface area contributed by atoms with Crippen molar-refractivity contribution in [2.24, 2.45) is 0 Å². The van der Waals surface area contributed by atoms with E-state index in [1.807, 2.05) is 30.3 Å². The van der Waals surface area contributed by atoms with Gasteiger partial charge < -0.3 is 18.9 Å². The first-order valence-corrected chi connectivity index (χ1v) is 10.5. The van der Waals surface area contributed by atoms with E-state index in [2.05, 4.69) is 6.58 Å². The van der Waals surface area contributed by atoms with Crippen LogP contribution in [0, 0.1) is 5.82 Å². The first-order chi connectivity index (χ1) is 15.0. The normalized spacial score (nSPS) is 10.5. The fourth-order valence-electron chi connectivity index (χ4n) is 2.75. The third-order valence-electron chi connectivity index (χ3n) is 4.51. The van der Waals surface area contributed by atoms with Gasteiger partial charge in [0.2, 0.25) is 0 Å². The van der Waals surface area contributed by atoms with Gasteiger partial charge in [0.1, 0.15) is 5.75 Å². The van der Waals surface area contributed by atoms with Crippen molar-refractivity contribution in [3.63, 3.8) is 0 Å². The van der Waals surface area contributed by atoms with E-state index in [0.717, 1.165) is 42.6 Å². The molecule has 0 N–H and O–H groups in total. The molecule has 0 spiro atoms. The molecule has 0 aliphatic heterocycles. The molecule has 0 radical (unpaired) electrons. The molecular weight excluding hydrogens is 399 g/mol. The van der Waals surface area contributed by atoms with Gasteiger partial charge in [-0.2, -0.15) is 0 Å². The minimum atomic E-state index is -0.378. The average Bonchev–Trinajstić information content (AvgIpc) is 2.77. The summed E-state index contributed by atoms with van der Waals surface area (Å²) in [5.41, 5.74) is 2.07. The number of carbonyl (C=O) groups is 1. The fraction of sp³-hybridized carbons (Fsp3) is 0.400. The third kappa shape index (κ3) is 8.80. The lowest BCUT2D eigenvalue weighted by molar-refractivity contribution is -0.139. The molecule has 168 valence electrons. The molecule has 0 unspecified atom stereocenters. The molecule has 2 aromatic carbocycles. The lowest BCUT2D eigenvalue weighted by atomic mass is 10.1. The zero-order valence-electron chi connectivity index (χ0n) is 18.3. The quantitative estimate of drug-likeness (QED) is 0.223. The Kier molecular flexibility index (Phi) is 10.6. The molecule has 0 aliphatic carbocycles. The van der Waals surface area contributed by atoms with Crippen molar-refractivity contribution >= 4 is 5.97 Å². The molecule has 2 rings (SSSR count). The number of rotatable bonds is 14. The summed E-state index contributed by atoms with van der Waals surface area (Å²) in [7, 11) is 1.66. The van der Waals surface area contributed by atoms with Gasteiger partial charge in [-0.25, -0.2) is 9.18 Å². The SMILES string of the molecule is C=C(C)C(=O)OCCCCOc1ccc(-c2ccc(OCCCCOC)c(F)c2)cc1. The minimum Gasteiger partial charge on any atom is -0.494 e. The molecule has 0 amide bonds. The van der Waals surface area contributed by atoms with Crippen molar-refractivity contribution < 1.29 is 28.1 Å². The van der Waals surface area contributed by atoms with Gasteiger partial charge in [-0.1, -0.05) is 24.8 Å². The van der Waals surface area contributed by atoms with Gasteiger partial charge in [0.05, 0.1) is 19.8 Å². The molecule has 0 aliphatic rings. The molecule has 2 aromatic rings. The standard InChI is InChI=1S/C25H31FO5/c1-19(2)25(27)31-17-7-6-15-29-22-11-8-20(9-12-22)21-10-13-24(23(26)18-21)30-16-5-4-14-28-3/h8-13,18H,1,4-7,14-17H2,2-3H3. The maximum atomic E-state index is 14.3. The fourth-order valence-corrected chi connectivity index (χ4v) is 2.75. The van der Waals surface area contributed by atoms with E-state index in [0.29, 0.717) is 32.0 Å². The van der Waals surface area contributed by atoms with Gasteiger partial charge in [0.15, 0.2) is 11.6 Å². The van der Waals surface area contributed by atoms with Gasteiger partial charge in [-0.3, -0.25) is 0 Å². The Hall–Kier alpha value is -2.86. The summed E-state index contributed by atoms with van der Waals surface area (Å²) in [6, 6.07) is 12.5. The Morgan fingerprint density at radius 1 is 0.871 bits per heavy atom. The first-order valence-electron chi connectivity index (χ1n) is 10.5. The molecule has 0 bridgehead atoms. The van der Waals surface area contributed by atoms with Crippen LogP contribution in [-0.4, -0.2) is 39.5 Å². The van der Waals surface area contributed by atoms with Crippen molar-refractivity contribution in [3.05, 3.63) is 60.4 Å². The summed E-state index contributed by atoms with van der Waals surface area (Å²) in [6.45, 7) is 7.17. The Morgan fingerprint density at radius 2 is 1.48 bits per heavy atom. The van der Waals surface area contributed by atoms with E-state index in [4.69, 9.17) is 18.9 Å². The zero-order chi connectivity index (χ0) is 22.5. The summed E-state index contributed by atoms with van der Waals surface area (Å²) in [6.07, 6.45) is 3.18. The molecule has 0 aromatic heterocycles. The molecule has 31 heavy (non-hydrogen) atoms. The van der Waals surface area contributed by atoms with Crippen LogP contribution in [0.4, 0.5) is 4.39 Å². The summed E-state index contributed by atoms with van der Waals surface area (Å²) in [4.78, 5) is 11.3. The second-order valence-electron chi connectivity index (χ2n) is 7.19. The van der Waals surface area contributed by atoms with Crippen molar-refractivity contribution in [3.8, 4) is 22.6 Å². The second-order valence-corrected chi connectivity index (χ2v) is 7.19. The highest BCUT2D eigenvalue weighted by Gasteiger charge is 2.07. The number of hydrogen-bond acceptors (Lipinski definition) is 5. The van der Waals surface area contributed by atoms with E-state index in [1.54, 1.807) is 20.1 Å². The van der Waals surface area contributed by atoms with Crippen LogP contribution >= 0.6 is 0 Å². The molecule has 6 heteroatoms. The summed E-state index contributed by atoms with van der Waals surface area (Å²) >= 11 is 0. The number of carbonyl (C=O) groups excluding carboxylic acids is 1. The van der Waals surface area contributed by atoms with Crippen molar-refractivity contribution in [2.75, 3.05) is 33.5 Å². The van der Waals surface area contributed by atoms with Crippen LogP contribution in [0.15, 0.2) is 54.6 Å². The van der Waals surface area contributed by atoms with Crippen LogP contribution in [0.3, 0.4) is 0 Å². The van der Waals surface area contributed by atoms with Crippen LogP contribution in [0.25, 0.3) is 11.1 Å². The van der Waals surface area contributed by atoms with Crippen LogP contribution in [-0.2, 0) is 14.3 Å². The average molecular weight is 431 g/mol. The number of hydrogen-bond donors (Lipinski definition) is 0. The van der Waals surface area contributed by atoms with E-state index in [-0.39, 0.29) is 17.5 Å². The molecule has 0 heterocycles. The minimum absolute atomic E-state index is 0.259. The number of ether oxygens (including phenoxy) is 4. The lowest BCUT2D eigenvalue weighted by Gasteiger charge is -2.10. The highest BCUT2D eigenvalue weighted by Crippen LogP contribution is 2.27. The Balaban J connectivity index is 1.76. The second kappa shape index (κ2) is 13.4. The molecule has 0 saturated heterocycles. The van der Waals surface area contributed by atoms with Crippen LogP contribution in [0.5, 0.6) is 11.5 Å². The highest BCUT2D eigenvalue weighted by atomic mass is 19.1. The molecule has 0 fully saturated rings. The molecule has 5 nitrogen and oxygen atoms in total. The predicted octanol–water partition coefficient (Wildman–Crippen LogP) is 5.58. The highest BCUT2D eigenvalue weighted by molar-refractivity contribution is 5.86. The monoisotopic (exact) mass is 430 g/mol. The van der Waals surface area contributed by atoms with Crippen LogP contribution in [0.1, 0.15) is 32.6 Å². The largest absolute Gasteiger partial charge is 0.494 e. The topological polar surface area (TPSA) is 54.0 Å². The summed E-state index contributed by atoms with van der Waals surface area (Å²) < 4.78 is 35.6. The molecule has 0 saturated carbocycles. The maximum absolute atomic E-state index is 14.3. The number of halogens is 1. The number of unbranched alkanes of at least 4 members (excludes halogenated alkanes) is 2. The smallest absolute Gasteiger partial charge is 0.333 e. The first kappa shape index (κ1) is 24.4. The Bertz CT molecular complexity index is 832. The maximum Gasteiger partial charge on any atom is 0.333 e. The molecule has 0 atom stereocenters. The van der Waals surface area contributed by atoms with Gasteiger partial charge in [0, 0.05) is 19.3 Å². The van der Waals surface area contributed by atoms with Crippen molar-refractivity contribution in [1.29, 1.82) is 0 Å². The lowest BCUT2D eigenvalue weighted by Crippen LogP contribution is -2.07. The van der Waals surface area contributed by atoms with E-state index in [9.17, 15) is 9.18 Å². The van der Waals surface area contributed by atoms with E-state index in [1.165, 1.54) is 6.07 Å². The van der Waals surface area contributed by atoms with E-state index >= 15 is 0 Å².